The molecule has 0 saturated carbocycles. The van der Waals surface area contributed by atoms with E-state index in [0.29, 0.717) is 0 Å². The molecule has 0 aliphatic carbocycles. The summed E-state index contributed by atoms with van der Waals surface area (Å²) in [4.78, 5) is 9.97. The molecule has 0 spiro atoms. The molecule has 0 rings (SSSR count). The van der Waals surface area contributed by atoms with Crippen LogP contribution >= 0.6 is 8.03 Å². The molecule has 0 aromatic carbocycles. The third-order valence-corrected chi connectivity index (χ3v) is 2.04. The SMILES string of the molecule is CCC(C)[P+](=O)[O-].[Fe+2]. The molecule has 8 heavy (non-hydrogen) atoms. The summed E-state index contributed by atoms with van der Waals surface area (Å²) in [6.07, 6.45) is 0.721. The van der Waals surface area contributed by atoms with E-state index in [1.54, 1.807) is 6.92 Å². The molecule has 0 fully saturated rings. The fourth-order valence-corrected chi connectivity index (χ4v) is 0.447. The van der Waals surface area contributed by atoms with Crippen molar-refractivity contribution >= 4 is 8.03 Å². The topological polar surface area (TPSA) is 40.1 Å². The molecule has 0 bridgehead atoms. The molecule has 0 aliphatic heterocycles. The van der Waals surface area contributed by atoms with E-state index in [1.165, 1.54) is 0 Å². The zero-order chi connectivity index (χ0) is 5.86. The molecule has 2 atom stereocenters. The van der Waals surface area contributed by atoms with Crippen molar-refractivity contribution in [2.45, 2.75) is 25.9 Å². The first-order valence-electron chi connectivity index (χ1n) is 2.32. The van der Waals surface area contributed by atoms with Crippen LogP contribution < -0.4 is 4.89 Å². The van der Waals surface area contributed by atoms with Crippen LogP contribution in [0, 0.1) is 0 Å². The molecule has 48 valence electrons. The van der Waals surface area contributed by atoms with Gasteiger partial charge in [0.05, 0.1) is 0 Å². The Morgan fingerprint density at radius 2 is 2.12 bits per heavy atom. The average molecular weight is 176 g/mol. The molecular formula is C4H9FeO2P+2. The maximum absolute atomic E-state index is 9.97. The summed E-state index contributed by atoms with van der Waals surface area (Å²) >= 11 is 0. The van der Waals surface area contributed by atoms with Crippen molar-refractivity contribution in [2.24, 2.45) is 0 Å². The summed E-state index contributed by atoms with van der Waals surface area (Å²) in [5.74, 6) is 0. The molecule has 0 heterocycles. The minimum Gasteiger partial charge on any atom is -0.595 e. The first kappa shape index (κ1) is 11.4. The number of hydrogen-bond acceptors (Lipinski definition) is 2. The van der Waals surface area contributed by atoms with Crippen molar-refractivity contribution in [1.29, 1.82) is 0 Å². The van der Waals surface area contributed by atoms with Gasteiger partial charge in [0.1, 0.15) is 5.66 Å². The third kappa shape index (κ3) is 4.73. The Morgan fingerprint density at radius 1 is 1.75 bits per heavy atom. The van der Waals surface area contributed by atoms with E-state index in [-0.39, 0.29) is 22.7 Å². The molecule has 0 radical (unpaired) electrons. The van der Waals surface area contributed by atoms with E-state index < -0.39 is 8.03 Å². The van der Waals surface area contributed by atoms with E-state index in [0.717, 1.165) is 6.42 Å². The van der Waals surface area contributed by atoms with Gasteiger partial charge in [0.25, 0.3) is 0 Å². The predicted molar refractivity (Wildman–Crippen MR) is 27.4 cm³/mol. The fourth-order valence-electron chi connectivity index (χ4n) is 0.149. The minimum absolute atomic E-state index is 0. The van der Waals surface area contributed by atoms with Gasteiger partial charge in [0, 0.05) is 0 Å². The van der Waals surface area contributed by atoms with E-state index in [1.807, 2.05) is 6.92 Å². The molecule has 0 aromatic rings. The van der Waals surface area contributed by atoms with Crippen molar-refractivity contribution in [3.05, 3.63) is 0 Å². The van der Waals surface area contributed by atoms with Gasteiger partial charge in [-0.05, 0) is 13.3 Å². The second kappa shape index (κ2) is 5.71. The minimum atomic E-state index is -2.16. The van der Waals surface area contributed by atoms with Gasteiger partial charge in [-0.1, -0.05) is 11.5 Å². The molecule has 0 aliphatic rings. The maximum Gasteiger partial charge on any atom is 2.00 e. The van der Waals surface area contributed by atoms with Crippen LogP contribution in [0.5, 0.6) is 0 Å². The molecule has 0 amide bonds. The van der Waals surface area contributed by atoms with Crippen LogP contribution in [0.1, 0.15) is 20.3 Å². The monoisotopic (exact) mass is 176 g/mol. The van der Waals surface area contributed by atoms with Gasteiger partial charge in [0.2, 0.25) is 0 Å². The zero-order valence-corrected chi connectivity index (χ0v) is 6.90. The summed E-state index contributed by atoms with van der Waals surface area (Å²) in [5.41, 5.74) is -0.144. The number of hydrogen-bond donors (Lipinski definition) is 0. The normalized spacial score (nSPS) is 14.1. The van der Waals surface area contributed by atoms with Crippen molar-refractivity contribution < 1.29 is 26.5 Å². The molecule has 0 aromatic heterocycles. The van der Waals surface area contributed by atoms with Crippen LogP contribution in [0.3, 0.4) is 0 Å². The molecule has 0 saturated heterocycles. The predicted octanol–water partition coefficient (Wildman–Crippen LogP) is 0.885. The third-order valence-electron chi connectivity index (χ3n) is 0.951. The molecule has 0 N–H and O–H groups in total. The summed E-state index contributed by atoms with van der Waals surface area (Å²) in [6.45, 7) is 3.56. The summed E-state index contributed by atoms with van der Waals surface area (Å²) in [5, 5.41) is 0. The summed E-state index contributed by atoms with van der Waals surface area (Å²) in [7, 11) is -2.16. The number of rotatable bonds is 2. The largest absolute Gasteiger partial charge is 2.00 e. The summed E-state index contributed by atoms with van der Waals surface area (Å²) < 4.78 is 9.97. The van der Waals surface area contributed by atoms with Crippen LogP contribution in [0.15, 0.2) is 0 Å². The Hall–Kier alpha value is 0.579. The second-order valence-corrected chi connectivity index (χ2v) is 2.99. The molecule has 4 heteroatoms. The zero-order valence-electron chi connectivity index (χ0n) is 4.90. The standard InChI is InChI=1S/C4H9O2P.Fe/c1-3-4(2)7(5)6;/h4H,3H2,1-2H3;/q;+2. The Balaban J connectivity index is 0. The Labute approximate surface area is 61.0 Å². The van der Waals surface area contributed by atoms with Gasteiger partial charge in [-0.25, -0.2) is 0 Å². The van der Waals surface area contributed by atoms with E-state index in [4.69, 9.17) is 0 Å². The van der Waals surface area contributed by atoms with Crippen LogP contribution in [0.2, 0.25) is 0 Å². The Morgan fingerprint density at radius 3 is 2.12 bits per heavy atom. The van der Waals surface area contributed by atoms with Gasteiger partial charge in [-0.2, -0.15) is 0 Å². The Kier molecular flexibility index (Phi) is 8.13. The quantitative estimate of drug-likeness (QED) is 0.462. The van der Waals surface area contributed by atoms with Crippen LogP contribution in [0.4, 0.5) is 0 Å². The molecule has 2 unspecified atom stereocenters. The fraction of sp³-hybridized carbons (Fsp3) is 1.00. The van der Waals surface area contributed by atoms with E-state index in [2.05, 4.69) is 0 Å². The van der Waals surface area contributed by atoms with Crippen molar-refractivity contribution in [1.82, 2.24) is 0 Å². The molecule has 2 nitrogen and oxygen atoms in total. The first-order chi connectivity index (χ1) is 3.18. The molecular weight excluding hydrogens is 167 g/mol. The Bertz CT molecular complexity index is 76.4. The van der Waals surface area contributed by atoms with Gasteiger partial charge in [0.15, 0.2) is 0 Å². The first-order valence-corrected chi connectivity index (χ1v) is 3.56. The summed E-state index contributed by atoms with van der Waals surface area (Å²) in [6, 6.07) is 0. The van der Waals surface area contributed by atoms with E-state index >= 15 is 0 Å². The second-order valence-electron chi connectivity index (χ2n) is 1.54. The maximum atomic E-state index is 9.97. The van der Waals surface area contributed by atoms with Crippen LogP contribution in [-0.2, 0) is 21.6 Å². The van der Waals surface area contributed by atoms with Gasteiger partial charge >= 0.3 is 25.1 Å². The smallest absolute Gasteiger partial charge is 0.595 e. The van der Waals surface area contributed by atoms with E-state index in [9.17, 15) is 9.46 Å². The van der Waals surface area contributed by atoms with Crippen LogP contribution in [0.25, 0.3) is 0 Å². The van der Waals surface area contributed by atoms with Crippen LogP contribution in [-0.4, -0.2) is 5.66 Å². The van der Waals surface area contributed by atoms with Gasteiger partial charge in [-0.15, -0.1) is 0 Å². The van der Waals surface area contributed by atoms with Crippen molar-refractivity contribution in [3.63, 3.8) is 0 Å². The van der Waals surface area contributed by atoms with Gasteiger partial charge in [-0.3, -0.25) is 0 Å². The van der Waals surface area contributed by atoms with Crippen molar-refractivity contribution in [3.8, 4) is 0 Å². The van der Waals surface area contributed by atoms with Gasteiger partial charge < -0.3 is 4.89 Å². The van der Waals surface area contributed by atoms with Crippen molar-refractivity contribution in [2.75, 3.05) is 0 Å². The average Bonchev–Trinajstić information content (AvgIpc) is 1.65.